The monoisotopic (exact) mass is 411 g/mol. The highest BCUT2D eigenvalue weighted by molar-refractivity contribution is 7.80. The standard InChI is InChI=1S/C24H21N5S/c30-24-27-22(20-11-4-5-14-26-20)23(29(24)19-9-2-1-3-10-19)21-12-7-15-28(21)17-18-8-6-13-25-16-18/h1-16,22-23H,17H2,(H,27,30)/t22-,23-/m1/s1. The number of rotatable bonds is 5. The Morgan fingerprint density at radius 1 is 0.900 bits per heavy atom. The molecule has 30 heavy (non-hydrogen) atoms. The minimum absolute atomic E-state index is 0.0264. The molecule has 2 atom stereocenters. The summed E-state index contributed by atoms with van der Waals surface area (Å²) in [5.41, 5.74) is 4.36. The lowest BCUT2D eigenvalue weighted by Gasteiger charge is -2.29. The number of thiocarbonyl (C=S) groups is 1. The number of nitrogens with zero attached hydrogens (tertiary/aromatic N) is 4. The van der Waals surface area contributed by atoms with Crippen LogP contribution in [0.3, 0.4) is 0 Å². The molecule has 6 heteroatoms. The summed E-state index contributed by atoms with van der Waals surface area (Å²) in [6.07, 6.45) is 7.65. The fraction of sp³-hybridized carbons (Fsp3) is 0.125. The van der Waals surface area contributed by atoms with Crippen LogP contribution in [-0.2, 0) is 6.54 Å². The van der Waals surface area contributed by atoms with Crippen molar-refractivity contribution < 1.29 is 0 Å². The lowest BCUT2D eigenvalue weighted by molar-refractivity contribution is 0.533. The zero-order valence-electron chi connectivity index (χ0n) is 16.3. The van der Waals surface area contributed by atoms with E-state index in [2.05, 4.69) is 67.3 Å². The Balaban J connectivity index is 1.60. The molecule has 0 aliphatic carbocycles. The second-order valence-corrected chi connectivity index (χ2v) is 7.64. The van der Waals surface area contributed by atoms with E-state index in [1.165, 1.54) is 5.69 Å². The predicted octanol–water partition coefficient (Wildman–Crippen LogP) is 4.50. The Labute approximate surface area is 181 Å². The second-order valence-electron chi connectivity index (χ2n) is 7.25. The van der Waals surface area contributed by atoms with Crippen LogP contribution in [0.2, 0.25) is 0 Å². The molecule has 0 bridgehead atoms. The molecule has 0 amide bonds. The van der Waals surface area contributed by atoms with Crippen molar-refractivity contribution in [3.63, 3.8) is 0 Å². The van der Waals surface area contributed by atoms with Crippen molar-refractivity contribution in [2.75, 3.05) is 4.90 Å². The molecule has 3 aromatic heterocycles. The van der Waals surface area contributed by atoms with E-state index in [1.807, 2.05) is 48.8 Å². The molecule has 0 unspecified atom stereocenters. The molecule has 0 spiro atoms. The van der Waals surface area contributed by atoms with Gasteiger partial charge in [-0.15, -0.1) is 0 Å². The lowest BCUT2D eigenvalue weighted by Crippen LogP contribution is -2.30. The summed E-state index contributed by atoms with van der Waals surface area (Å²) in [7, 11) is 0. The van der Waals surface area contributed by atoms with Crippen LogP contribution < -0.4 is 10.2 Å². The molecule has 5 nitrogen and oxygen atoms in total. The molecule has 4 heterocycles. The van der Waals surface area contributed by atoms with Gasteiger partial charge in [0.1, 0.15) is 6.04 Å². The fourth-order valence-electron chi connectivity index (χ4n) is 4.05. The van der Waals surface area contributed by atoms with Gasteiger partial charge in [-0.05, 0) is 60.2 Å². The van der Waals surface area contributed by atoms with E-state index in [1.54, 1.807) is 6.20 Å². The first kappa shape index (κ1) is 18.5. The van der Waals surface area contributed by atoms with Gasteiger partial charge in [0.2, 0.25) is 0 Å². The number of pyridine rings is 2. The van der Waals surface area contributed by atoms with Crippen molar-refractivity contribution >= 4 is 23.0 Å². The van der Waals surface area contributed by atoms with Crippen molar-refractivity contribution in [2.24, 2.45) is 0 Å². The van der Waals surface area contributed by atoms with Crippen molar-refractivity contribution in [1.29, 1.82) is 0 Å². The van der Waals surface area contributed by atoms with Crippen molar-refractivity contribution in [3.8, 4) is 0 Å². The topological polar surface area (TPSA) is 46.0 Å². The second kappa shape index (κ2) is 8.08. The molecular weight excluding hydrogens is 390 g/mol. The average Bonchev–Trinajstić information content (AvgIpc) is 3.39. The quantitative estimate of drug-likeness (QED) is 0.490. The van der Waals surface area contributed by atoms with Crippen LogP contribution >= 0.6 is 12.2 Å². The van der Waals surface area contributed by atoms with Gasteiger partial charge in [0.25, 0.3) is 0 Å². The van der Waals surface area contributed by atoms with Gasteiger partial charge in [-0.1, -0.05) is 30.3 Å². The van der Waals surface area contributed by atoms with Gasteiger partial charge in [-0.25, -0.2) is 0 Å². The van der Waals surface area contributed by atoms with Gasteiger partial charge >= 0.3 is 0 Å². The molecule has 1 aliphatic heterocycles. The zero-order chi connectivity index (χ0) is 20.3. The third-order valence-electron chi connectivity index (χ3n) is 5.38. The van der Waals surface area contributed by atoms with Gasteiger partial charge in [0.05, 0.1) is 11.7 Å². The van der Waals surface area contributed by atoms with Crippen LogP contribution in [0, 0.1) is 0 Å². The fourth-order valence-corrected chi connectivity index (χ4v) is 4.40. The Morgan fingerprint density at radius 2 is 1.77 bits per heavy atom. The first-order chi connectivity index (χ1) is 14.8. The van der Waals surface area contributed by atoms with Crippen LogP contribution in [0.15, 0.2) is 97.6 Å². The minimum Gasteiger partial charge on any atom is -0.351 e. The van der Waals surface area contributed by atoms with E-state index in [0.717, 1.165) is 23.5 Å². The maximum absolute atomic E-state index is 5.79. The summed E-state index contributed by atoms with van der Waals surface area (Å²) in [5.74, 6) is 0. The van der Waals surface area contributed by atoms with Gasteiger partial charge in [0.15, 0.2) is 5.11 Å². The number of anilines is 1. The summed E-state index contributed by atoms with van der Waals surface area (Å²) >= 11 is 5.79. The average molecular weight is 412 g/mol. The van der Waals surface area contributed by atoms with E-state index in [-0.39, 0.29) is 12.1 Å². The molecule has 0 radical (unpaired) electrons. The summed E-state index contributed by atoms with van der Waals surface area (Å²) < 4.78 is 2.27. The van der Waals surface area contributed by atoms with E-state index in [4.69, 9.17) is 12.2 Å². The molecule has 0 saturated carbocycles. The van der Waals surface area contributed by atoms with E-state index in [0.29, 0.717) is 5.11 Å². The number of hydrogen-bond acceptors (Lipinski definition) is 3. The molecule has 1 saturated heterocycles. The largest absolute Gasteiger partial charge is 0.351 e. The van der Waals surface area contributed by atoms with Crippen LogP contribution in [0.4, 0.5) is 5.69 Å². The maximum Gasteiger partial charge on any atom is 0.174 e. The van der Waals surface area contributed by atoms with Crippen LogP contribution in [0.1, 0.15) is 29.0 Å². The highest BCUT2D eigenvalue weighted by Gasteiger charge is 2.41. The number of aromatic nitrogens is 3. The van der Waals surface area contributed by atoms with Crippen molar-refractivity contribution in [1.82, 2.24) is 19.9 Å². The van der Waals surface area contributed by atoms with E-state index in [9.17, 15) is 0 Å². The van der Waals surface area contributed by atoms with Gasteiger partial charge in [-0.3, -0.25) is 9.97 Å². The molecular formula is C24H21N5S. The Morgan fingerprint density at radius 3 is 2.53 bits per heavy atom. The molecule has 1 aliphatic rings. The lowest BCUT2D eigenvalue weighted by atomic mass is 10.0. The number of benzene rings is 1. The summed E-state index contributed by atoms with van der Waals surface area (Å²) in [6, 6.07) is 24.5. The summed E-state index contributed by atoms with van der Waals surface area (Å²) in [5, 5.41) is 4.22. The van der Waals surface area contributed by atoms with Crippen LogP contribution in [-0.4, -0.2) is 19.6 Å². The van der Waals surface area contributed by atoms with E-state index >= 15 is 0 Å². The zero-order valence-corrected chi connectivity index (χ0v) is 17.1. The third kappa shape index (κ3) is 3.46. The highest BCUT2D eigenvalue weighted by atomic mass is 32.1. The maximum atomic E-state index is 5.79. The number of hydrogen-bond donors (Lipinski definition) is 1. The summed E-state index contributed by atoms with van der Waals surface area (Å²) in [6.45, 7) is 0.747. The third-order valence-corrected chi connectivity index (χ3v) is 5.69. The Kier molecular flexibility index (Phi) is 4.99. The minimum atomic E-state index is -0.0542. The molecule has 1 N–H and O–H groups in total. The molecule has 5 rings (SSSR count). The van der Waals surface area contributed by atoms with Gasteiger partial charge in [-0.2, -0.15) is 0 Å². The predicted molar refractivity (Wildman–Crippen MR) is 122 cm³/mol. The molecule has 4 aromatic rings. The highest BCUT2D eigenvalue weighted by Crippen LogP contribution is 2.41. The van der Waals surface area contributed by atoms with Crippen molar-refractivity contribution in [3.05, 3.63) is 115 Å². The SMILES string of the molecule is S=C1N[C@H](c2ccccn2)[C@@H](c2cccn2Cc2cccnc2)N1c1ccccc1. The first-order valence-electron chi connectivity index (χ1n) is 9.91. The molecule has 1 aromatic carbocycles. The van der Waals surface area contributed by atoms with Gasteiger partial charge < -0.3 is 14.8 Å². The molecule has 1 fully saturated rings. The smallest absolute Gasteiger partial charge is 0.174 e. The first-order valence-corrected chi connectivity index (χ1v) is 10.3. The van der Waals surface area contributed by atoms with Gasteiger partial charge in [0, 0.05) is 42.7 Å². The Hall–Kier alpha value is -3.51. The molecule has 148 valence electrons. The number of nitrogens with one attached hydrogen (secondary N) is 1. The number of para-hydroxylation sites is 1. The Bertz CT molecular complexity index is 1130. The summed E-state index contributed by atoms with van der Waals surface area (Å²) in [4.78, 5) is 11.1. The normalized spacial score (nSPS) is 18.4. The van der Waals surface area contributed by atoms with E-state index < -0.39 is 0 Å². The van der Waals surface area contributed by atoms with Crippen LogP contribution in [0.25, 0.3) is 0 Å². The van der Waals surface area contributed by atoms with Crippen LogP contribution in [0.5, 0.6) is 0 Å². The van der Waals surface area contributed by atoms with Crippen molar-refractivity contribution in [2.45, 2.75) is 18.6 Å².